The Bertz CT molecular complexity index is 936. The molecule has 7 heteroatoms. The molecule has 2 heterocycles. The minimum Gasteiger partial charge on any atom is -0.494 e. The van der Waals surface area contributed by atoms with E-state index in [1.165, 1.54) is 0 Å². The Kier molecular flexibility index (Phi) is 6.85. The smallest absolute Gasteiger partial charge is 0.290 e. The third-order valence-corrected chi connectivity index (χ3v) is 3.61. The summed E-state index contributed by atoms with van der Waals surface area (Å²) in [5.41, 5.74) is 9.62. The summed E-state index contributed by atoms with van der Waals surface area (Å²) in [6.45, 7) is 2.30. The van der Waals surface area contributed by atoms with Crippen LogP contribution in [0.2, 0.25) is 0 Å². The van der Waals surface area contributed by atoms with E-state index in [1.807, 2.05) is 49.4 Å². The molecule has 7 nitrogen and oxygen atoms in total. The van der Waals surface area contributed by atoms with Crippen molar-refractivity contribution in [1.29, 1.82) is 5.26 Å². The molecule has 0 fully saturated rings. The quantitative estimate of drug-likeness (QED) is 0.682. The van der Waals surface area contributed by atoms with E-state index in [0.29, 0.717) is 17.9 Å². The molecule has 3 N–H and O–H groups in total. The average Bonchev–Trinajstić information content (AvgIpc) is 2.69. The van der Waals surface area contributed by atoms with Crippen molar-refractivity contribution in [3.05, 3.63) is 60.4 Å². The summed E-state index contributed by atoms with van der Waals surface area (Å²) in [6.07, 6.45) is 3.39. The fraction of sp³-hybridized carbons (Fsp3) is 0.100. The van der Waals surface area contributed by atoms with E-state index in [1.54, 1.807) is 12.4 Å². The Hall–Kier alpha value is -3.92. The van der Waals surface area contributed by atoms with Crippen molar-refractivity contribution in [2.75, 3.05) is 12.3 Å². The van der Waals surface area contributed by atoms with Crippen LogP contribution in [0.5, 0.6) is 5.75 Å². The highest BCUT2D eigenvalue weighted by Crippen LogP contribution is 2.31. The second-order valence-corrected chi connectivity index (χ2v) is 5.23. The van der Waals surface area contributed by atoms with Gasteiger partial charge in [-0.25, -0.2) is 4.98 Å². The molecule has 136 valence electrons. The Balaban J connectivity index is 0.000000817. The van der Waals surface area contributed by atoms with Crippen LogP contribution in [0.4, 0.5) is 5.82 Å². The Morgan fingerprint density at radius 3 is 2.37 bits per heavy atom. The first-order chi connectivity index (χ1) is 13.1. The van der Waals surface area contributed by atoms with Crippen molar-refractivity contribution in [1.82, 2.24) is 9.97 Å². The second kappa shape index (κ2) is 9.53. The van der Waals surface area contributed by atoms with Gasteiger partial charge in [0.25, 0.3) is 6.47 Å². The fourth-order valence-corrected chi connectivity index (χ4v) is 2.48. The summed E-state index contributed by atoms with van der Waals surface area (Å²) in [5, 5.41) is 16.3. The first-order valence-corrected chi connectivity index (χ1v) is 8.06. The van der Waals surface area contributed by atoms with Gasteiger partial charge in [0.1, 0.15) is 23.2 Å². The van der Waals surface area contributed by atoms with Gasteiger partial charge in [-0.1, -0.05) is 12.1 Å². The van der Waals surface area contributed by atoms with Gasteiger partial charge < -0.3 is 15.6 Å². The molecule has 3 aromatic rings. The van der Waals surface area contributed by atoms with E-state index >= 15 is 0 Å². The molecule has 2 aromatic heterocycles. The molecule has 27 heavy (non-hydrogen) atoms. The minimum absolute atomic E-state index is 0.218. The van der Waals surface area contributed by atoms with Gasteiger partial charge >= 0.3 is 0 Å². The van der Waals surface area contributed by atoms with Crippen LogP contribution in [-0.2, 0) is 4.79 Å². The van der Waals surface area contributed by atoms with Crippen LogP contribution < -0.4 is 10.5 Å². The zero-order valence-corrected chi connectivity index (χ0v) is 14.7. The lowest BCUT2D eigenvalue weighted by molar-refractivity contribution is -0.122. The summed E-state index contributed by atoms with van der Waals surface area (Å²) >= 11 is 0. The van der Waals surface area contributed by atoms with Crippen LogP contribution in [0.3, 0.4) is 0 Å². The molecule has 0 saturated carbocycles. The maximum atomic E-state index is 9.46. The molecule has 3 rings (SSSR count). The molecular weight excluding hydrogens is 344 g/mol. The second-order valence-electron chi connectivity index (χ2n) is 5.23. The number of nitrogens with two attached hydrogens (primary N) is 1. The van der Waals surface area contributed by atoms with Gasteiger partial charge in [0.15, 0.2) is 0 Å². The number of anilines is 1. The van der Waals surface area contributed by atoms with E-state index in [0.717, 1.165) is 22.4 Å². The average molecular weight is 362 g/mol. The van der Waals surface area contributed by atoms with Crippen molar-refractivity contribution >= 4 is 12.3 Å². The van der Waals surface area contributed by atoms with Crippen LogP contribution in [0.15, 0.2) is 54.9 Å². The number of nitriles is 1. The first kappa shape index (κ1) is 19.4. The van der Waals surface area contributed by atoms with Gasteiger partial charge in [-0.15, -0.1) is 0 Å². The van der Waals surface area contributed by atoms with Gasteiger partial charge in [0.2, 0.25) is 0 Å². The van der Waals surface area contributed by atoms with E-state index in [4.69, 9.17) is 20.4 Å². The zero-order chi connectivity index (χ0) is 19.6. The normalized spacial score (nSPS) is 9.48. The molecule has 0 bridgehead atoms. The standard InChI is InChI=1S/C19H16N4O.CH2O2/c1-2-24-15-5-3-13(4-6-15)16-11-18(14-7-9-22-10-8-14)23-19(21)17(16)12-20;2-1-3/h3-11H,2H2,1H3,(H2,21,23);1H,(H,2,3). The highest BCUT2D eigenvalue weighted by molar-refractivity contribution is 5.80. The molecule has 0 radical (unpaired) electrons. The number of aromatic nitrogens is 2. The molecule has 0 spiro atoms. The van der Waals surface area contributed by atoms with Gasteiger partial charge in [-0.05, 0) is 42.8 Å². The summed E-state index contributed by atoms with van der Waals surface area (Å²) in [5.74, 6) is 1.01. The SMILES string of the molecule is CCOc1ccc(-c2cc(-c3ccncc3)nc(N)c2C#N)cc1.O=CO. The number of nitrogen functional groups attached to an aromatic ring is 1. The highest BCUT2D eigenvalue weighted by Gasteiger charge is 2.13. The lowest BCUT2D eigenvalue weighted by Crippen LogP contribution is -2.00. The van der Waals surface area contributed by atoms with Crippen LogP contribution in [0, 0.1) is 11.3 Å². The van der Waals surface area contributed by atoms with E-state index in [9.17, 15) is 5.26 Å². The lowest BCUT2D eigenvalue weighted by atomic mass is 9.98. The van der Waals surface area contributed by atoms with Crippen LogP contribution in [0.25, 0.3) is 22.4 Å². The zero-order valence-electron chi connectivity index (χ0n) is 14.7. The third kappa shape index (κ3) is 4.80. The molecule has 1 aromatic carbocycles. The number of ether oxygens (including phenoxy) is 1. The molecule has 0 atom stereocenters. The van der Waals surface area contributed by atoms with Crippen LogP contribution in [0.1, 0.15) is 12.5 Å². The van der Waals surface area contributed by atoms with Crippen molar-refractivity contribution < 1.29 is 14.6 Å². The molecular formula is C20H18N4O3. The first-order valence-electron chi connectivity index (χ1n) is 8.06. The molecule has 0 aliphatic rings. The maximum absolute atomic E-state index is 9.46. The van der Waals surface area contributed by atoms with Crippen LogP contribution >= 0.6 is 0 Å². The summed E-state index contributed by atoms with van der Waals surface area (Å²) in [4.78, 5) is 16.7. The molecule has 0 unspecified atom stereocenters. The topological polar surface area (TPSA) is 122 Å². The Labute approximate surface area is 156 Å². The van der Waals surface area contributed by atoms with Crippen LogP contribution in [-0.4, -0.2) is 28.2 Å². The van der Waals surface area contributed by atoms with E-state index in [2.05, 4.69) is 16.0 Å². The van der Waals surface area contributed by atoms with Gasteiger partial charge in [-0.2, -0.15) is 5.26 Å². The molecule has 0 amide bonds. The van der Waals surface area contributed by atoms with E-state index < -0.39 is 0 Å². The molecule has 0 saturated heterocycles. The molecule has 0 aliphatic heterocycles. The van der Waals surface area contributed by atoms with Crippen molar-refractivity contribution in [2.45, 2.75) is 6.92 Å². The third-order valence-electron chi connectivity index (χ3n) is 3.61. The number of hydrogen-bond donors (Lipinski definition) is 2. The number of carboxylic acid groups (broad SMARTS) is 1. The number of carbonyl (C=O) groups is 1. The Morgan fingerprint density at radius 2 is 1.81 bits per heavy atom. The number of nitrogens with zero attached hydrogens (tertiary/aromatic N) is 3. The summed E-state index contributed by atoms with van der Waals surface area (Å²) < 4.78 is 5.46. The summed E-state index contributed by atoms with van der Waals surface area (Å²) in [6, 6.07) is 15.3. The Morgan fingerprint density at radius 1 is 1.19 bits per heavy atom. The maximum Gasteiger partial charge on any atom is 0.290 e. The van der Waals surface area contributed by atoms with E-state index in [-0.39, 0.29) is 12.3 Å². The number of hydrogen-bond acceptors (Lipinski definition) is 6. The van der Waals surface area contributed by atoms with Crippen molar-refractivity contribution in [3.8, 4) is 34.2 Å². The van der Waals surface area contributed by atoms with Crippen molar-refractivity contribution in [2.24, 2.45) is 0 Å². The van der Waals surface area contributed by atoms with Gasteiger partial charge in [0.05, 0.1) is 12.3 Å². The monoisotopic (exact) mass is 362 g/mol. The predicted octanol–water partition coefficient (Wildman–Crippen LogP) is 3.36. The molecule has 0 aliphatic carbocycles. The fourth-order valence-electron chi connectivity index (χ4n) is 2.48. The minimum atomic E-state index is -0.250. The summed E-state index contributed by atoms with van der Waals surface area (Å²) in [7, 11) is 0. The number of rotatable bonds is 4. The van der Waals surface area contributed by atoms with Gasteiger partial charge in [-0.3, -0.25) is 9.78 Å². The lowest BCUT2D eigenvalue weighted by Gasteiger charge is -2.11. The van der Waals surface area contributed by atoms with Crippen molar-refractivity contribution in [3.63, 3.8) is 0 Å². The number of benzene rings is 1. The predicted molar refractivity (Wildman–Crippen MR) is 102 cm³/mol. The van der Waals surface area contributed by atoms with Gasteiger partial charge in [0, 0.05) is 23.5 Å². The largest absolute Gasteiger partial charge is 0.494 e. The number of pyridine rings is 2. The highest BCUT2D eigenvalue weighted by atomic mass is 16.5.